The molecule has 0 spiro atoms. The first-order valence-electron chi connectivity index (χ1n) is 6.45. The first kappa shape index (κ1) is 10.1. The van der Waals surface area contributed by atoms with E-state index in [1.54, 1.807) is 0 Å². The highest BCUT2D eigenvalue weighted by Crippen LogP contribution is 2.33. The Kier molecular flexibility index (Phi) is 2.54. The molecular formula is C13H18N2O. The van der Waals surface area contributed by atoms with Crippen LogP contribution in [0.1, 0.15) is 66.3 Å². The fraction of sp³-hybridized carbons (Fsp3) is 0.692. The zero-order chi connectivity index (χ0) is 11.0. The quantitative estimate of drug-likeness (QED) is 0.715. The van der Waals surface area contributed by atoms with E-state index in [-0.39, 0.29) is 0 Å². The molecule has 0 radical (unpaired) electrons. The molecule has 3 heteroatoms. The Morgan fingerprint density at radius 3 is 2.69 bits per heavy atom. The number of aromatic nitrogens is 2. The Morgan fingerprint density at radius 2 is 1.94 bits per heavy atom. The highest BCUT2D eigenvalue weighted by molar-refractivity contribution is 5.75. The molecule has 1 aromatic rings. The lowest BCUT2D eigenvalue weighted by atomic mass is 9.95. The van der Waals surface area contributed by atoms with Crippen LogP contribution in [0.3, 0.4) is 0 Å². The van der Waals surface area contributed by atoms with Crippen LogP contribution >= 0.6 is 0 Å². The maximum atomic E-state index is 11.0. The largest absolute Gasteiger partial charge is 0.296 e. The zero-order valence-electron chi connectivity index (χ0n) is 9.61. The Bertz CT molecular complexity index is 402. The number of rotatable bonds is 2. The molecule has 86 valence electrons. The predicted octanol–water partition coefficient (Wildman–Crippen LogP) is 2.69. The van der Waals surface area contributed by atoms with E-state index >= 15 is 0 Å². The number of nitrogens with zero attached hydrogens (tertiary/aromatic N) is 2. The summed E-state index contributed by atoms with van der Waals surface area (Å²) in [5.41, 5.74) is 3.30. The van der Waals surface area contributed by atoms with Gasteiger partial charge >= 0.3 is 0 Å². The SMILES string of the molecule is O=Cc1nn(C2CCCCC2)c2c1CCC2. The minimum atomic E-state index is 0.564. The van der Waals surface area contributed by atoms with Gasteiger partial charge in [0.1, 0.15) is 5.69 Å². The Morgan fingerprint density at radius 1 is 1.12 bits per heavy atom. The smallest absolute Gasteiger partial charge is 0.170 e. The van der Waals surface area contributed by atoms with Crippen molar-refractivity contribution in [1.29, 1.82) is 0 Å². The van der Waals surface area contributed by atoms with Gasteiger partial charge in [0.15, 0.2) is 6.29 Å². The molecule has 2 aliphatic carbocycles. The van der Waals surface area contributed by atoms with Gasteiger partial charge in [-0.05, 0) is 32.1 Å². The van der Waals surface area contributed by atoms with Crippen molar-refractivity contribution in [3.8, 4) is 0 Å². The van der Waals surface area contributed by atoms with Crippen LogP contribution in [0.15, 0.2) is 0 Å². The minimum Gasteiger partial charge on any atom is -0.296 e. The van der Waals surface area contributed by atoms with E-state index in [1.165, 1.54) is 49.8 Å². The molecule has 3 rings (SSSR count). The standard InChI is InChI=1S/C13H18N2O/c16-9-12-11-7-4-8-13(11)15(14-12)10-5-2-1-3-6-10/h9-10H,1-8H2. The molecule has 0 saturated heterocycles. The molecule has 1 saturated carbocycles. The Hall–Kier alpha value is -1.12. The summed E-state index contributed by atoms with van der Waals surface area (Å²) in [4.78, 5) is 11.0. The lowest BCUT2D eigenvalue weighted by Crippen LogP contribution is -2.16. The third-order valence-corrected chi connectivity index (χ3v) is 4.02. The molecule has 0 N–H and O–H groups in total. The topological polar surface area (TPSA) is 34.9 Å². The van der Waals surface area contributed by atoms with Crippen molar-refractivity contribution in [3.63, 3.8) is 0 Å². The second-order valence-corrected chi connectivity index (χ2v) is 5.02. The highest BCUT2D eigenvalue weighted by atomic mass is 16.1. The summed E-state index contributed by atoms with van der Waals surface area (Å²) >= 11 is 0. The van der Waals surface area contributed by atoms with Crippen molar-refractivity contribution in [2.24, 2.45) is 0 Å². The number of hydrogen-bond donors (Lipinski definition) is 0. The van der Waals surface area contributed by atoms with Gasteiger partial charge in [0, 0.05) is 11.3 Å². The van der Waals surface area contributed by atoms with Gasteiger partial charge in [0.25, 0.3) is 0 Å². The fourth-order valence-corrected chi connectivity index (χ4v) is 3.22. The first-order valence-corrected chi connectivity index (χ1v) is 6.45. The van der Waals surface area contributed by atoms with Gasteiger partial charge in [0.05, 0.1) is 6.04 Å². The molecular weight excluding hydrogens is 200 g/mol. The summed E-state index contributed by atoms with van der Waals surface area (Å²) in [5.74, 6) is 0. The van der Waals surface area contributed by atoms with Crippen molar-refractivity contribution >= 4 is 6.29 Å². The number of carbonyl (C=O) groups is 1. The van der Waals surface area contributed by atoms with E-state index < -0.39 is 0 Å². The Labute approximate surface area is 95.8 Å². The molecule has 1 fully saturated rings. The van der Waals surface area contributed by atoms with E-state index in [9.17, 15) is 4.79 Å². The second kappa shape index (κ2) is 4.04. The fourth-order valence-electron chi connectivity index (χ4n) is 3.22. The van der Waals surface area contributed by atoms with E-state index in [0.29, 0.717) is 11.7 Å². The molecule has 0 aromatic carbocycles. The maximum Gasteiger partial charge on any atom is 0.170 e. The molecule has 1 heterocycles. The van der Waals surface area contributed by atoms with Gasteiger partial charge < -0.3 is 0 Å². The van der Waals surface area contributed by atoms with Crippen LogP contribution in [0.5, 0.6) is 0 Å². The summed E-state index contributed by atoms with van der Waals surface area (Å²) in [6, 6.07) is 0.564. The minimum absolute atomic E-state index is 0.564. The number of hydrogen-bond acceptors (Lipinski definition) is 2. The summed E-state index contributed by atoms with van der Waals surface area (Å²) < 4.78 is 2.19. The molecule has 16 heavy (non-hydrogen) atoms. The van der Waals surface area contributed by atoms with Crippen LogP contribution in [0, 0.1) is 0 Å². The molecule has 0 atom stereocenters. The van der Waals surface area contributed by atoms with Crippen molar-refractivity contribution in [2.75, 3.05) is 0 Å². The second-order valence-electron chi connectivity index (χ2n) is 5.02. The zero-order valence-corrected chi connectivity index (χ0v) is 9.61. The highest BCUT2D eigenvalue weighted by Gasteiger charge is 2.26. The third-order valence-electron chi connectivity index (χ3n) is 4.02. The van der Waals surface area contributed by atoms with Crippen LogP contribution in [0.4, 0.5) is 0 Å². The summed E-state index contributed by atoms with van der Waals surface area (Å²) in [6.07, 6.45) is 10.8. The van der Waals surface area contributed by atoms with E-state index in [0.717, 1.165) is 19.1 Å². The molecule has 2 aliphatic rings. The maximum absolute atomic E-state index is 11.0. The average Bonchev–Trinajstić information content (AvgIpc) is 2.91. The summed E-state index contributed by atoms with van der Waals surface area (Å²) in [5, 5.41) is 4.52. The van der Waals surface area contributed by atoms with Crippen molar-refractivity contribution in [3.05, 3.63) is 17.0 Å². The van der Waals surface area contributed by atoms with Crippen molar-refractivity contribution in [2.45, 2.75) is 57.4 Å². The molecule has 0 bridgehead atoms. The van der Waals surface area contributed by atoms with Crippen LogP contribution in [-0.2, 0) is 12.8 Å². The molecule has 3 nitrogen and oxygen atoms in total. The number of fused-ring (bicyclic) bond motifs is 1. The first-order chi connectivity index (χ1) is 7.90. The van der Waals surface area contributed by atoms with Gasteiger partial charge in [-0.25, -0.2) is 0 Å². The third kappa shape index (κ3) is 1.49. The number of carbonyl (C=O) groups excluding carboxylic acids is 1. The average molecular weight is 218 g/mol. The lowest BCUT2D eigenvalue weighted by molar-refractivity contribution is 0.111. The van der Waals surface area contributed by atoms with Gasteiger partial charge in [-0.2, -0.15) is 5.10 Å². The van der Waals surface area contributed by atoms with Gasteiger partial charge in [0.2, 0.25) is 0 Å². The monoisotopic (exact) mass is 218 g/mol. The molecule has 1 aromatic heterocycles. The number of aldehydes is 1. The van der Waals surface area contributed by atoms with Crippen LogP contribution in [0.25, 0.3) is 0 Å². The van der Waals surface area contributed by atoms with Gasteiger partial charge in [-0.1, -0.05) is 19.3 Å². The van der Waals surface area contributed by atoms with E-state index in [2.05, 4.69) is 9.78 Å². The van der Waals surface area contributed by atoms with E-state index in [4.69, 9.17) is 0 Å². The van der Waals surface area contributed by atoms with Gasteiger partial charge in [-0.15, -0.1) is 0 Å². The molecule has 0 aliphatic heterocycles. The molecule has 0 amide bonds. The van der Waals surface area contributed by atoms with Crippen molar-refractivity contribution < 1.29 is 4.79 Å². The van der Waals surface area contributed by atoms with Crippen LogP contribution in [0.2, 0.25) is 0 Å². The summed E-state index contributed by atoms with van der Waals surface area (Å²) in [6.45, 7) is 0. The van der Waals surface area contributed by atoms with E-state index in [1.807, 2.05) is 0 Å². The van der Waals surface area contributed by atoms with Crippen LogP contribution < -0.4 is 0 Å². The lowest BCUT2D eigenvalue weighted by Gasteiger charge is -2.23. The van der Waals surface area contributed by atoms with Crippen molar-refractivity contribution in [1.82, 2.24) is 9.78 Å². The predicted molar refractivity (Wildman–Crippen MR) is 61.8 cm³/mol. The summed E-state index contributed by atoms with van der Waals surface area (Å²) in [7, 11) is 0. The van der Waals surface area contributed by atoms with Gasteiger partial charge in [-0.3, -0.25) is 9.48 Å². The Balaban J connectivity index is 1.97. The van der Waals surface area contributed by atoms with Crippen LogP contribution in [-0.4, -0.2) is 16.1 Å². The molecule has 0 unspecified atom stereocenters. The normalized spacial score (nSPS) is 21.0.